The molecule has 4 rings (SSSR count). The number of halogens is 1. The minimum Gasteiger partial charge on any atom is -0.441 e. The summed E-state index contributed by atoms with van der Waals surface area (Å²) in [6.07, 6.45) is 0.541. The molecule has 0 bridgehead atoms. The van der Waals surface area contributed by atoms with Crippen molar-refractivity contribution in [2.24, 2.45) is 0 Å². The molecule has 0 aliphatic carbocycles. The Morgan fingerprint density at radius 1 is 1.09 bits per heavy atom. The number of fused-ring (bicyclic) bond motifs is 1. The van der Waals surface area contributed by atoms with Gasteiger partial charge >= 0.3 is 0 Å². The van der Waals surface area contributed by atoms with E-state index < -0.39 is 0 Å². The molecule has 0 amide bonds. The summed E-state index contributed by atoms with van der Waals surface area (Å²) >= 11 is 5.99. The molecule has 0 saturated heterocycles. The first-order valence-corrected chi connectivity index (χ1v) is 7.50. The molecular formula is C17H12ClN3O2. The second kappa shape index (κ2) is 5.52. The molecule has 23 heavy (non-hydrogen) atoms. The quantitative estimate of drug-likeness (QED) is 0.557. The van der Waals surface area contributed by atoms with Gasteiger partial charge in [-0.1, -0.05) is 28.9 Å². The number of aryl methyl sites for hydroxylation is 1. The third-order valence-electron chi connectivity index (χ3n) is 3.47. The summed E-state index contributed by atoms with van der Waals surface area (Å²) < 4.78 is 10.8. The topological polar surface area (TPSA) is 65.0 Å². The van der Waals surface area contributed by atoms with Gasteiger partial charge in [0.1, 0.15) is 5.52 Å². The predicted octanol–water partition coefficient (Wildman–Crippen LogP) is 4.43. The molecule has 0 atom stereocenters. The summed E-state index contributed by atoms with van der Waals surface area (Å²) in [7, 11) is 0. The maximum Gasteiger partial charge on any atom is 0.231 e. The lowest BCUT2D eigenvalue weighted by molar-refractivity contribution is 0.385. The van der Waals surface area contributed by atoms with Gasteiger partial charge in [0.2, 0.25) is 11.7 Å². The molecule has 0 unspecified atom stereocenters. The zero-order valence-electron chi connectivity index (χ0n) is 12.3. The molecule has 0 radical (unpaired) electrons. The maximum absolute atomic E-state index is 5.99. The van der Waals surface area contributed by atoms with Crippen molar-refractivity contribution in [3.8, 4) is 11.4 Å². The Labute approximate surface area is 136 Å². The smallest absolute Gasteiger partial charge is 0.231 e. The van der Waals surface area contributed by atoms with Crippen LogP contribution >= 0.6 is 11.6 Å². The Hall–Kier alpha value is -2.66. The van der Waals surface area contributed by atoms with Crippen LogP contribution < -0.4 is 0 Å². The van der Waals surface area contributed by atoms with E-state index in [0.29, 0.717) is 29.0 Å². The van der Waals surface area contributed by atoms with Crippen molar-refractivity contribution in [2.75, 3.05) is 0 Å². The van der Waals surface area contributed by atoms with Crippen LogP contribution in [0.4, 0.5) is 0 Å². The average molecular weight is 326 g/mol. The largest absolute Gasteiger partial charge is 0.441 e. The van der Waals surface area contributed by atoms with E-state index in [2.05, 4.69) is 15.1 Å². The molecule has 2 heterocycles. The number of hydrogen-bond acceptors (Lipinski definition) is 5. The van der Waals surface area contributed by atoms with Crippen LogP contribution in [0.3, 0.4) is 0 Å². The lowest BCUT2D eigenvalue weighted by atomic mass is 10.1. The minimum atomic E-state index is 0.532. The lowest BCUT2D eigenvalue weighted by Gasteiger charge is -1.96. The number of benzene rings is 2. The van der Waals surface area contributed by atoms with Crippen LogP contribution in [0.15, 0.2) is 51.4 Å². The molecule has 114 valence electrons. The van der Waals surface area contributed by atoms with Crippen LogP contribution in [0.1, 0.15) is 17.3 Å². The number of hydrogen-bond donors (Lipinski definition) is 0. The monoisotopic (exact) mass is 325 g/mol. The van der Waals surface area contributed by atoms with Gasteiger partial charge in [-0.2, -0.15) is 4.98 Å². The second-order valence-corrected chi connectivity index (χ2v) is 5.67. The molecule has 0 aliphatic rings. The predicted molar refractivity (Wildman–Crippen MR) is 86.3 cm³/mol. The minimum absolute atomic E-state index is 0.532. The molecule has 2 aromatic heterocycles. The molecule has 4 aromatic rings. The third-order valence-corrected chi connectivity index (χ3v) is 3.70. The van der Waals surface area contributed by atoms with E-state index >= 15 is 0 Å². The fourth-order valence-corrected chi connectivity index (χ4v) is 2.66. The number of oxazole rings is 1. The van der Waals surface area contributed by atoms with Crippen LogP contribution in [0, 0.1) is 6.92 Å². The fourth-order valence-electron chi connectivity index (χ4n) is 2.45. The number of rotatable bonds is 3. The third kappa shape index (κ3) is 2.83. The van der Waals surface area contributed by atoms with E-state index in [-0.39, 0.29) is 0 Å². The molecule has 5 nitrogen and oxygen atoms in total. The van der Waals surface area contributed by atoms with E-state index in [1.54, 1.807) is 0 Å². The van der Waals surface area contributed by atoms with Gasteiger partial charge in [0, 0.05) is 17.5 Å². The molecule has 0 spiro atoms. The summed E-state index contributed by atoms with van der Waals surface area (Å²) in [5.74, 6) is 1.70. The molecule has 0 fully saturated rings. The van der Waals surface area contributed by atoms with Gasteiger partial charge in [-0.25, -0.2) is 4.98 Å². The Morgan fingerprint density at radius 3 is 2.87 bits per heavy atom. The zero-order chi connectivity index (χ0) is 15.8. The van der Waals surface area contributed by atoms with Gasteiger partial charge < -0.3 is 8.94 Å². The summed E-state index contributed by atoms with van der Waals surface area (Å²) in [6.45, 7) is 1.82. The average Bonchev–Trinajstić information content (AvgIpc) is 3.12. The first-order valence-electron chi connectivity index (χ1n) is 7.12. The van der Waals surface area contributed by atoms with Crippen LogP contribution in [0.5, 0.6) is 0 Å². The Bertz CT molecular complexity index is 990. The van der Waals surface area contributed by atoms with E-state index in [4.69, 9.17) is 20.5 Å². The molecule has 0 aliphatic heterocycles. The second-order valence-electron chi connectivity index (χ2n) is 5.23. The van der Waals surface area contributed by atoms with E-state index in [1.165, 1.54) is 0 Å². The summed E-state index contributed by atoms with van der Waals surface area (Å²) in [5.41, 5.74) is 3.39. The zero-order valence-corrected chi connectivity index (χ0v) is 13.0. The maximum atomic E-state index is 5.99. The van der Waals surface area contributed by atoms with Crippen molar-refractivity contribution >= 4 is 22.7 Å². The molecule has 0 saturated carbocycles. The molecular weight excluding hydrogens is 314 g/mol. The normalized spacial score (nSPS) is 11.2. The van der Waals surface area contributed by atoms with Crippen molar-refractivity contribution < 1.29 is 8.94 Å². The summed E-state index contributed by atoms with van der Waals surface area (Å²) in [4.78, 5) is 8.76. The molecule has 0 N–H and O–H groups in total. The number of nitrogens with zero attached hydrogens (tertiary/aromatic N) is 3. The summed E-state index contributed by atoms with van der Waals surface area (Å²) in [5, 5.41) is 4.73. The van der Waals surface area contributed by atoms with Gasteiger partial charge in [-0.05, 0) is 35.9 Å². The lowest BCUT2D eigenvalue weighted by Crippen LogP contribution is -1.88. The number of aromatic nitrogens is 3. The summed E-state index contributed by atoms with van der Waals surface area (Å²) in [6, 6.07) is 13.2. The standard InChI is InChI=1S/C17H12ClN3O2/c1-10-19-14-9-12(5-6-15(14)22-10)17-20-16(23-21-17)8-11-3-2-4-13(18)7-11/h2-7,9H,8H2,1H3. The molecule has 2 aromatic carbocycles. The highest BCUT2D eigenvalue weighted by Gasteiger charge is 2.11. The molecule has 6 heteroatoms. The van der Waals surface area contributed by atoms with Gasteiger partial charge in [0.15, 0.2) is 11.5 Å². The Balaban J connectivity index is 1.63. The van der Waals surface area contributed by atoms with E-state index in [1.807, 2.05) is 49.4 Å². The van der Waals surface area contributed by atoms with Crippen LogP contribution in [-0.4, -0.2) is 15.1 Å². The van der Waals surface area contributed by atoms with Gasteiger partial charge in [0.25, 0.3) is 0 Å². The Kier molecular flexibility index (Phi) is 3.35. The SMILES string of the molecule is Cc1nc2cc(-c3noc(Cc4cccc(Cl)c4)n3)ccc2o1. The van der Waals surface area contributed by atoms with E-state index in [9.17, 15) is 0 Å². The van der Waals surface area contributed by atoms with Gasteiger partial charge in [-0.15, -0.1) is 0 Å². The Morgan fingerprint density at radius 2 is 2.00 bits per heavy atom. The van der Waals surface area contributed by atoms with Crippen molar-refractivity contribution in [1.82, 2.24) is 15.1 Å². The first kappa shape index (κ1) is 14.0. The van der Waals surface area contributed by atoms with E-state index in [0.717, 1.165) is 22.2 Å². The van der Waals surface area contributed by atoms with Crippen LogP contribution in [0.2, 0.25) is 5.02 Å². The van der Waals surface area contributed by atoms with Crippen molar-refractivity contribution in [1.29, 1.82) is 0 Å². The van der Waals surface area contributed by atoms with Gasteiger partial charge in [0.05, 0.1) is 6.42 Å². The van der Waals surface area contributed by atoms with Crippen molar-refractivity contribution in [2.45, 2.75) is 13.3 Å². The van der Waals surface area contributed by atoms with Crippen molar-refractivity contribution in [3.05, 3.63) is 64.8 Å². The van der Waals surface area contributed by atoms with Crippen LogP contribution in [0.25, 0.3) is 22.5 Å². The highest BCUT2D eigenvalue weighted by Crippen LogP contribution is 2.23. The van der Waals surface area contributed by atoms with Crippen LogP contribution in [-0.2, 0) is 6.42 Å². The highest BCUT2D eigenvalue weighted by atomic mass is 35.5. The van der Waals surface area contributed by atoms with Gasteiger partial charge in [-0.3, -0.25) is 0 Å². The highest BCUT2D eigenvalue weighted by molar-refractivity contribution is 6.30. The van der Waals surface area contributed by atoms with Crippen molar-refractivity contribution in [3.63, 3.8) is 0 Å². The first-order chi connectivity index (χ1) is 11.2. The fraction of sp³-hybridized carbons (Fsp3) is 0.118.